The normalized spacial score (nSPS) is 14.5. The second-order valence-corrected chi connectivity index (χ2v) is 9.98. The van der Waals surface area contributed by atoms with Crippen LogP contribution < -0.4 is 10.1 Å². The van der Waals surface area contributed by atoms with E-state index in [0.29, 0.717) is 10.6 Å². The van der Waals surface area contributed by atoms with Gasteiger partial charge in [0.15, 0.2) is 0 Å². The Balaban J connectivity index is 1.70. The van der Waals surface area contributed by atoms with Gasteiger partial charge in [-0.3, -0.25) is 9.59 Å². The van der Waals surface area contributed by atoms with E-state index in [9.17, 15) is 9.59 Å². The van der Waals surface area contributed by atoms with Gasteiger partial charge in [-0.2, -0.15) is 0 Å². The number of amides is 2. The van der Waals surface area contributed by atoms with Crippen molar-refractivity contribution in [2.45, 2.75) is 50.7 Å². The van der Waals surface area contributed by atoms with E-state index in [2.05, 4.69) is 5.32 Å². The van der Waals surface area contributed by atoms with Crippen molar-refractivity contribution >= 4 is 34.8 Å². The van der Waals surface area contributed by atoms with E-state index in [0.717, 1.165) is 41.9 Å². The largest absolute Gasteiger partial charge is 0.497 e. The number of halogens is 1. The summed E-state index contributed by atoms with van der Waals surface area (Å²) in [5.74, 6) is 0.430. The molecule has 178 valence electrons. The first kappa shape index (κ1) is 24.3. The van der Waals surface area contributed by atoms with Crippen LogP contribution in [0.15, 0.2) is 66.0 Å². The number of thiophene rings is 1. The summed E-state index contributed by atoms with van der Waals surface area (Å²) in [6.07, 6.45) is 4.36. The SMILES string of the molecule is COc1ccc(CN(C(=O)Cc2cccs2)[C@@H](C(=O)NC2CCCC2)c2ccccc2Cl)cc1. The third-order valence-corrected chi connectivity index (χ3v) is 7.42. The van der Waals surface area contributed by atoms with Gasteiger partial charge in [0.1, 0.15) is 11.8 Å². The minimum atomic E-state index is -0.830. The number of carbonyl (C=O) groups is 2. The molecule has 1 heterocycles. The summed E-state index contributed by atoms with van der Waals surface area (Å²) in [5.41, 5.74) is 1.54. The topological polar surface area (TPSA) is 58.6 Å². The molecule has 4 rings (SSSR count). The van der Waals surface area contributed by atoms with Crippen molar-refractivity contribution in [2.75, 3.05) is 7.11 Å². The molecule has 1 aliphatic rings. The Labute approximate surface area is 209 Å². The molecule has 5 nitrogen and oxygen atoms in total. The van der Waals surface area contributed by atoms with Crippen LogP contribution in [0.25, 0.3) is 0 Å². The molecule has 0 bridgehead atoms. The Kier molecular flexibility index (Phi) is 8.25. The predicted molar refractivity (Wildman–Crippen MR) is 136 cm³/mol. The van der Waals surface area contributed by atoms with Gasteiger partial charge in [0.05, 0.1) is 13.5 Å². The molecule has 1 fully saturated rings. The molecular formula is C27H29ClN2O3S. The zero-order valence-corrected chi connectivity index (χ0v) is 20.8. The fraction of sp³-hybridized carbons (Fsp3) is 0.333. The number of ether oxygens (including phenoxy) is 1. The van der Waals surface area contributed by atoms with Crippen LogP contribution in [0.5, 0.6) is 5.75 Å². The zero-order valence-electron chi connectivity index (χ0n) is 19.2. The minimum absolute atomic E-state index is 0.121. The first-order valence-corrected chi connectivity index (χ1v) is 12.8. The minimum Gasteiger partial charge on any atom is -0.497 e. The lowest BCUT2D eigenvalue weighted by molar-refractivity contribution is -0.141. The Morgan fingerprint density at radius 1 is 1.09 bits per heavy atom. The van der Waals surface area contributed by atoms with Crippen molar-refractivity contribution in [1.29, 1.82) is 0 Å². The van der Waals surface area contributed by atoms with Gasteiger partial charge in [-0.05, 0) is 48.1 Å². The predicted octanol–water partition coefficient (Wildman–Crippen LogP) is 5.78. The maximum Gasteiger partial charge on any atom is 0.247 e. The van der Waals surface area contributed by atoms with Crippen LogP contribution in [0.2, 0.25) is 5.02 Å². The fourth-order valence-corrected chi connectivity index (χ4v) is 5.35. The molecule has 1 N–H and O–H groups in total. The molecule has 2 aromatic carbocycles. The lowest BCUT2D eigenvalue weighted by Gasteiger charge is -2.33. The van der Waals surface area contributed by atoms with E-state index >= 15 is 0 Å². The first-order chi connectivity index (χ1) is 16.5. The average molecular weight is 497 g/mol. The van der Waals surface area contributed by atoms with Crippen LogP contribution in [-0.2, 0) is 22.6 Å². The molecule has 0 spiro atoms. The number of carbonyl (C=O) groups excluding carboxylic acids is 2. The van der Waals surface area contributed by atoms with E-state index < -0.39 is 6.04 Å². The van der Waals surface area contributed by atoms with Gasteiger partial charge in [0, 0.05) is 28.0 Å². The van der Waals surface area contributed by atoms with E-state index in [1.54, 1.807) is 18.1 Å². The summed E-state index contributed by atoms with van der Waals surface area (Å²) in [7, 11) is 1.62. The van der Waals surface area contributed by atoms with E-state index in [1.165, 1.54) is 11.3 Å². The summed E-state index contributed by atoms with van der Waals surface area (Å²) in [4.78, 5) is 30.0. The highest BCUT2D eigenvalue weighted by Gasteiger charge is 2.34. The second kappa shape index (κ2) is 11.5. The molecule has 1 saturated carbocycles. The van der Waals surface area contributed by atoms with Crippen LogP contribution in [0.4, 0.5) is 0 Å². The lowest BCUT2D eigenvalue weighted by atomic mass is 10.0. The molecule has 1 aliphatic carbocycles. The van der Waals surface area contributed by atoms with E-state index in [4.69, 9.17) is 16.3 Å². The number of nitrogens with one attached hydrogen (secondary N) is 1. The fourth-order valence-electron chi connectivity index (χ4n) is 4.41. The van der Waals surface area contributed by atoms with Crippen LogP contribution >= 0.6 is 22.9 Å². The first-order valence-electron chi connectivity index (χ1n) is 11.5. The van der Waals surface area contributed by atoms with E-state index in [-0.39, 0.29) is 30.8 Å². The summed E-state index contributed by atoms with van der Waals surface area (Å²) >= 11 is 8.12. The van der Waals surface area contributed by atoms with Gasteiger partial charge in [0.2, 0.25) is 11.8 Å². The summed E-state index contributed by atoms with van der Waals surface area (Å²) in [6, 6.07) is 18.0. The number of benzene rings is 2. The average Bonchev–Trinajstić information content (AvgIpc) is 3.55. The van der Waals surface area contributed by atoms with Crippen molar-refractivity contribution < 1.29 is 14.3 Å². The molecule has 34 heavy (non-hydrogen) atoms. The van der Waals surface area contributed by atoms with Crippen molar-refractivity contribution in [3.63, 3.8) is 0 Å². The molecule has 1 aromatic heterocycles. The van der Waals surface area contributed by atoms with Gasteiger partial charge < -0.3 is 15.0 Å². The van der Waals surface area contributed by atoms with Gasteiger partial charge in [-0.25, -0.2) is 0 Å². The van der Waals surface area contributed by atoms with Crippen LogP contribution in [0.1, 0.15) is 47.7 Å². The highest BCUT2D eigenvalue weighted by Crippen LogP contribution is 2.31. The number of rotatable bonds is 9. The summed E-state index contributed by atoms with van der Waals surface area (Å²) in [5, 5.41) is 5.62. The Bertz CT molecular complexity index is 1100. The highest BCUT2D eigenvalue weighted by molar-refractivity contribution is 7.10. The second-order valence-electron chi connectivity index (χ2n) is 8.54. The third-order valence-electron chi connectivity index (χ3n) is 6.20. The van der Waals surface area contributed by atoms with Gasteiger partial charge in [-0.15, -0.1) is 11.3 Å². The van der Waals surface area contributed by atoms with Crippen LogP contribution in [-0.4, -0.2) is 29.9 Å². The van der Waals surface area contributed by atoms with Crippen molar-refractivity contribution in [3.05, 3.63) is 87.1 Å². The van der Waals surface area contributed by atoms with Crippen molar-refractivity contribution in [2.24, 2.45) is 0 Å². The summed E-state index contributed by atoms with van der Waals surface area (Å²) in [6.45, 7) is 0.280. The van der Waals surface area contributed by atoms with Crippen LogP contribution in [0.3, 0.4) is 0 Å². The van der Waals surface area contributed by atoms with Crippen molar-refractivity contribution in [3.8, 4) is 5.75 Å². The molecule has 1 atom stereocenters. The molecule has 0 unspecified atom stereocenters. The lowest BCUT2D eigenvalue weighted by Crippen LogP contribution is -2.46. The third kappa shape index (κ3) is 5.99. The standard InChI is InChI=1S/C27H29ClN2O3S/c1-33-21-14-12-19(13-15-21)18-30(25(31)17-22-9-6-16-34-22)26(23-10-4-5-11-24(23)28)27(32)29-20-7-2-3-8-20/h4-6,9-16,20,26H,2-3,7-8,17-18H2,1H3,(H,29,32)/t26-/m1/s1. The molecule has 0 radical (unpaired) electrons. The van der Waals surface area contributed by atoms with Gasteiger partial charge in [-0.1, -0.05) is 60.8 Å². The van der Waals surface area contributed by atoms with Gasteiger partial charge >= 0.3 is 0 Å². The smallest absolute Gasteiger partial charge is 0.247 e. The molecule has 0 saturated heterocycles. The molecule has 2 amide bonds. The Morgan fingerprint density at radius 2 is 1.82 bits per heavy atom. The highest BCUT2D eigenvalue weighted by atomic mass is 35.5. The van der Waals surface area contributed by atoms with Crippen molar-refractivity contribution in [1.82, 2.24) is 10.2 Å². The van der Waals surface area contributed by atoms with Gasteiger partial charge in [0.25, 0.3) is 0 Å². The summed E-state index contributed by atoms with van der Waals surface area (Å²) < 4.78 is 5.28. The van der Waals surface area contributed by atoms with Crippen LogP contribution in [0, 0.1) is 0 Å². The number of hydrogen-bond acceptors (Lipinski definition) is 4. The Morgan fingerprint density at radius 3 is 2.47 bits per heavy atom. The van der Waals surface area contributed by atoms with E-state index in [1.807, 2.05) is 60.0 Å². The number of methoxy groups -OCH3 is 1. The maximum atomic E-state index is 13.7. The molecule has 7 heteroatoms. The zero-order chi connectivity index (χ0) is 23.9. The maximum absolute atomic E-state index is 13.7. The number of nitrogens with zero attached hydrogens (tertiary/aromatic N) is 1. The quantitative estimate of drug-likeness (QED) is 0.408. The molecular weight excluding hydrogens is 468 g/mol. The molecule has 3 aromatic rings. The Hall–Kier alpha value is -2.83. The monoisotopic (exact) mass is 496 g/mol. The number of hydrogen-bond donors (Lipinski definition) is 1. The molecule has 0 aliphatic heterocycles.